The molecular weight excluding hydrogens is 186 g/mol. The van der Waals surface area contributed by atoms with Gasteiger partial charge in [-0.2, -0.15) is 0 Å². The van der Waals surface area contributed by atoms with E-state index >= 15 is 0 Å². The summed E-state index contributed by atoms with van der Waals surface area (Å²) < 4.78 is 5.65. The Bertz CT molecular complexity index is 265. The van der Waals surface area contributed by atoms with E-state index in [0.29, 0.717) is 5.88 Å². The fourth-order valence-electron chi connectivity index (χ4n) is 1.49. The normalized spacial score (nSPS) is 27.8. The molecule has 0 aromatic heterocycles. The summed E-state index contributed by atoms with van der Waals surface area (Å²) in [6.45, 7) is 0.849. The molecule has 1 heterocycles. The monoisotopic (exact) mass is 197 g/mol. The lowest BCUT2D eigenvalue weighted by Gasteiger charge is -2.10. The minimum atomic E-state index is 0.00636. The Morgan fingerprint density at radius 1 is 1.38 bits per heavy atom. The molecule has 2 rings (SSSR count). The van der Waals surface area contributed by atoms with Crippen molar-refractivity contribution in [3.05, 3.63) is 35.9 Å². The fourth-order valence-corrected chi connectivity index (χ4v) is 1.67. The van der Waals surface area contributed by atoms with Crippen molar-refractivity contribution in [1.82, 2.24) is 5.32 Å². The van der Waals surface area contributed by atoms with E-state index in [1.165, 1.54) is 5.56 Å². The molecule has 0 amide bonds. The predicted molar refractivity (Wildman–Crippen MR) is 52.8 cm³/mol. The van der Waals surface area contributed by atoms with Gasteiger partial charge in [-0.1, -0.05) is 30.3 Å². The first-order chi connectivity index (χ1) is 6.40. The molecule has 0 bridgehead atoms. The highest BCUT2D eigenvalue weighted by Gasteiger charge is 2.24. The zero-order chi connectivity index (χ0) is 9.10. The molecule has 1 N–H and O–H groups in total. The third kappa shape index (κ3) is 2.02. The maximum Gasteiger partial charge on any atom is 0.122 e. The van der Waals surface area contributed by atoms with Crippen LogP contribution in [0.15, 0.2) is 30.3 Å². The molecule has 2 atom stereocenters. The van der Waals surface area contributed by atoms with Gasteiger partial charge in [0.2, 0.25) is 0 Å². The van der Waals surface area contributed by atoms with Gasteiger partial charge in [-0.15, -0.1) is 11.6 Å². The summed E-state index contributed by atoms with van der Waals surface area (Å²) in [6.07, 6.45) is 0.164. The topological polar surface area (TPSA) is 21.3 Å². The number of ether oxygens (including phenoxy) is 1. The van der Waals surface area contributed by atoms with Gasteiger partial charge in [0, 0.05) is 6.54 Å². The van der Waals surface area contributed by atoms with Crippen molar-refractivity contribution < 1.29 is 4.74 Å². The van der Waals surface area contributed by atoms with E-state index in [0.717, 1.165) is 6.54 Å². The number of benzene rings is 1. The largest absolute Gasteiger partial charge is 0.353 e. The maximum absolute atomic E-state index is 5.67. The standard InChI is InChI=1S/C10H12ClNO/c11-6-10-12-7-9(13-10)8-4-2-1-3-5-8/h1-5,9-10,12H,6-7H2. The molecule has 1 aromatic carbocycles. The van der Waals surface area contributed by atoms with Crippen LogP contribution >= 0.6 is 11.6 Å². The van der Waals surface area contributed by atoms with Crippen molar-refractivity contribution in [2.45, 2.75) is 12.3 Å². The molecule has 2 nitrogen and oxygen atoms in total. The minimum Gasteiger partial charge on any atom is -0.353 e. The van der Waals surface area contributed by atoms with Gasteiger partial charge in [0.1, 0.15) is 6.23 Å². The molecular formula is C10H12ClNO. The zero-order valence-electron chi connectivity index (χ0n) is 7.24. The Labute approximate surface area is 82.9 Å². The molecule has 0 spiro atoms. The second-order valence-corrected chi connectivity index (χ2v) is 3.40. The first kappa shape index (κ1) is 9.00. The quantitative estimate of drug-likeness (QED) is 0.732. The van der Waals surface area contributed by atoms with Crippen LogP contribution in [-0.2, 0) is 4.74 Å². The van der Waals surface area contributed by atoms with E-state index in [-0.39, 0.29) is 12.3 Å². The van der Waals surface area contributed by atoms with E-state index in [1.54, 1.807) is 0 Å². The van der Waals surface area contributed by atoms with Crippen LogP contribution in [0.4, 0.5) is 0 Å². The lowest BCUT2D eigenvalue weighted by Crippen LogP contribution is -2.23. The van der Waals surface area contributed by atoms with Gasteiger partial charge in [-0.25, -0.2) is 0 Å². The first-order valence-corrected chi connectivity index (χ1v) is 4.93. The average molecular weight is 198 g/mol. The Morgan fingerprint density at radius 3 is 2.77 bits per heavy atom. The van der Waals surface area contributed by atoms with Crippen LogP contribution in [0.2, 0.25) is 0 Å². The number of rotatable bonds is 2. The van der Waals surface area contributed by atoms with Gasteiger partial charge >= 0.3 is 0 Å². The third-order valence-electron chi connectivity index (χ3n) is 2.17. The highest BCUT2D eigenvalue weighted by atomic mass is 35.5. The van der Waals surface area contributed by atoms with Crippen molar-refractivity contribution in [3.63, 3.8) is 0 Å². The lowest BCUT2D eigenvalue weighted by molar-refractivity contribution is 0.0550. The molecule has 1 saturated heterocycles. The van der Waals surface area contributed by atoms with Gasteiger partial charge in [-0.05, 0) is 5.56 Å². The lowest BCUT2D eigenvalue weighted by atomic mass is 10.1. The molecule has 1 aromatic rings. The second kappa shape index (κ2) is 4.09. The molecule has 3 heteroatoms. The number of nitrogens with one attached hydrogen (secondary N) is 1. The average Bonchev–Trinajstić information content (AvgIpc) is 2.67. The van der Waals surface area contributed by atoms with Crippen molar-refractivity contribution in [1.29, 1.82) is 0 Å². The molecule has 0 saturated carbocycles. The van der Waals surface area contributed by atoms with Crippen LogP contribution in [0.5, 0.6) is 0 Å². The Balaban J connectivity index is 2.04. The highest BCUT2D eigenvalue weighted by Crippen LogP contribution is 2.22. The molecule has 0 aliphatic carbocycles. The van der Waals surface area contributed by atoms with Crippen LogP contribution in [-0.4, -0.2) is 18.7 Å². The van der Waals surface area contributed by atoms with Gasteiger partial charge in [0.25, 0.3) is 0 Å². The first-order valence-electron chi connectivity index (χ1n) is 4.40. The second-order valence-electron chi connectivity index (χ2n) is 3.09. The predicted octanol–water partition coefficient (Wildman–Crippen LogP) is 1.91. The van der Waals surface area contributed by atoms with Gasteiger partial charge in [0.15, 0.2) is 0 Å². The number of hydrogen-bond acceptors (Lipinski definition) is 2. The SMILES string of the molecule is ClCC1NCC(c2ccccc2)O1. The molecule has 1 aliphatic rings. The summed E-state index contributed by atoms with van der Waals surface area (Å²) in [5.41, 5.74) is 1.21. The van der Waals surface area contributed by atoms with E-state index in [4.69, 9.17) is 16.3 Å². The van der Waals surface area contributed by atoms with Crippen LogP contribution in [0.1, 0.15) is 11.7 Å². The van der Waals surface area contributed by atoms with Gasteiger partial charge in [-0.3, -0.25) is 5.32 Å². The summed E-state index contributed by atoms with van der Waals surface area (Å²) in [6, 6.07) is 10.2. The molecule has 0 radical (unpaired) electrons. The summed E-state index contributed by atoms with van der Waals surface area (Å²) >= 11 is 5.67. The van der Waals surface area contributed by atoms with Crippen molar-refractivity contribution >= 4 is 11.6 Å². The minimum absolute atomic E-state index is 0.00636. The summed E-state index contributed by atoms with van der Waals surface area (Å²) in [5.74, 6) is 0.503. The van der Waals surface area contributed by atoms with E-state index in [2.05, 4.69) is 17.4 Å². The Hall–Kier alpha value is -0.570. The van der Waals surface area contributed by atoms with Crippen molar-refractivity contribution in [3.8, 4) is 0 Å². The van der Waals surface area contributed by atoms with Crippen LogP contribution in [0, 0.1) is 0 Å². The van der Waals surface area contributed by atoms with Crippen LogP contribution in [0.25, 0.3) is 0 Å². The Kier molecular flexibility index (Phi) is 2.83. The summed E-state index contributed by atoms with van der Waals surface area (Å²) in [7, 11) is 0. The molecule has 13 heavy (non-hydrogen) atoms. The van der Waals surface area contributed by atoms with Crippen molar-refractivity contribution in [2.75, 3.05) is 12.4 Å². The van der Waals surface area contributed by atoms with E-state index in [9.17, 15) is 0 Å². The molecule has 1 aliphatic heterocycles. The smallest absolute Gasteiger partial charge is 0.122 e. The number of halogens is 1. The van der Waals surface area contributed by atoms with Crippen LogP contribution in [0.3, 0.4) is 0 Å². The molecule has 70 valence electrons. The van der Waals surface area contributed by atoms with E-state index < -0.39 is 0 Å². The Morgan fingerprint density at radius 2 is 2.15 bits per heavy atom. The van der Waals surface area contributed by atoms with E-state index in [1.807, 2.05) is 18.2 Å². The maximum atomic E-state index is 5.67. The number of hydrogen-bond donors (Lipinski definition) is 1. The van der Waals surface area contributed by atoms with Gasteiger partial charge in [0.05, 0.1) is 12.0 Å². The highest BCUT2D eigenvalue weighted by molar-refractivity contribution is 6.18. The third-order valence-corrected chi connectivity index (χ3v) is 2.45. The van der Waals surface area contributed by atoms with Gasteiger partial charge < -0.3 is 4.74 Å². The molecule has 2 unspecified atom stereocenters. The zero-order valence-corrected chi connectivity index (χ0v) is 8.00. The summed E-state index contributed by atoms with van der Waals surface area (Å²) in [4.78, 5) is 0. The summed E-state index contributed by atoms with van der Waals surface area (Å²) in [5, 5.41) is 3.20. The molecule has 1 fully saturated rings. The fraction of sp³-hybridized carbons (Fsp3) is 0.400. The number of alkyl halides is 1. The van der Waals surface area contributed by atoms with Crippen molar-refractivity contribution in [2.24, 2.45) is 0 Å². The van der Waals surface area contributed by atoms with Crippen LogP contribution < -0.4 is 5.32 Å².